The molecular formula is C19H16F3N3O2. The molecule has 1 N–H and O–H groups in total. The highest BCUT2D eigenvalue weighted by molar-refractivity contribution is 5.94. The van der Waals surface area contributed by atoms with E-state index in [0.717, 1.165) is 6.07 Å². The van der Waals surface area contributed by atoms with Crippen molar-refractivity contribution in [1.29, 1.82) is 0 Å². The van der Waals surface area contributed by atoms with Crippen LogP contribution in [-0.2, 0) is 11.0 Å². The largest absolute Gasteiger partial charge is 0.457 e. The van der Waals surface area contributed by atoms with Gasteiger partial charge in [0.2, 0.25) is 5.91 Å². The Hall–Kier alpha value is -3.29. The Morgan fingerprint density at radius 1 is 1.11 bits per heavy atom. The quantitative estimate of drug-likeness (QED) is 0.691. The second-order valence-electron chi connectivity index (χ2n) is 5.77. The summed E-state index contributed by atoms with van der Waals surface area (Å²) in [7, 11) is 0. The van der Waals surface area contributed by atoms with Crippen LogP contribution in [0.5, 0.6) is 11.5 Å². The minimum atomic E-state index is -4.66. The molecule has 0 fully saturated rings. The Morgan fingerprint density at radius 3 is 2.48 bits per heavy atom. The van der Waals surface area contributed by atoms with E-state index in [2.05, 4.69) is 10.4 Å². The van der Waals surface area contributed by atoms with Crippen LogP contribution in [0.1, 0.15) is 18.5 Å². The molecule has 3 rings (SSSR count). The molecule has 0 aliphatic carbocycles. The fraction of sp³-hybridized carbons (Fsp3) is 0.158. The molecule has 0 spiro atoms. The van der Waals surface area contributed by atoms with Gasteiger partial charge < -0.3 is 10.1 Å². The highest BCUT2D eigenvalue weighted by atomic mass is 19.4. The zero-order chi connectivity index (χ0) is 19.4. The average molecular weight is 375 g/mol. The van der Waals surface area contributed by atoms with Crippen LogP contribution >= 0.6 is 0 Å². The van der Waals surface area contributed by atoms with Crippen molar-refractivity contribution in [3.05, 3.63) is 72.6 Å². The predicted molar refractivity (Wildman–Crippen MR) is 93.5 cm³/mol. The Labute approximate surface area is 153 Å². The predicted octanol–water partition coefficient (Wildman–Crippen LogP) is 4.89. The van der Waals surface area contributed by atoms with E-state index in [1.165, 1.54) is 23.0 Å². The van der Waals surface area contributed by atoms with E-state index in [9.17, 15) is 18.0 Å². The maximum Gasteiger partial charge on any atom is 0.418 e. The minimum absolute atomic E-state index is 0.0200. The molecule has 0 aliphatic heterocycles. The van der Waals surface area contributed by atoms with Crippen molar-refractivity contribution >= 4 is 11.6 Å². The number of alkyl halides is 3. The smallest absolute Gasteiger partial charge is 0.418 e. The van der Waals surface area contributed by atoms with E-state index in [-0.39, 0.29) is 11.4 Å². The van der Waals surface area contributed by atoms with Gasteiger partial charge >= 0.3 is 6.18 Å². The summed E-state index contributed by atoms with van der Waals surface area (Å²) in [5.74, 6) is -0.178. The first-order valence-corrected chi connectivity index (χ1v) is 8.09. The summed E-state index contributed by atoms with van der Waals surface area (Å²) in [6, 6.07) is 12.7. The van der Waals surface area contributed by atoms with E-state index in [1.54, 1.807) is 49.5 Å². The summed E-state index contributed by atoms with van der Waals surface area (Å²) in [6.45, 7) is 1.54. The number of aromatic nitrogens is 2. The van der Waals surface area contributed by atoms with Crippen LogP contribution in [0.15, 0.2) is 67.0 Å². The number of carbonyl (C=O) groups excluding carboxylic acids is 1. The van der Waals surface area contributed by atoms with Crippen LogP contribution in [0, 0.1) is 0 Å². The molecule has 140 valence electrons. The first-order chi connectivity index (χ1) is 12.8. The molecule has 0 saturated carbocycles. The van der Waals surface area contributed by atoms with Crippen molar-refractivity contribution in [2.45, 2.75) is 19.1 Å². The Bertz CT molecular complexity index is 910. The van der Waals surface area contributed by atoms with Crippen molar-refractivity contribution in [2.75, 3.05) is 5.32 Å². The zero-order valence-corrected chi connectivity index (χ0v) is 14.3. The van der Waals surface area contributed by atoms with E-state index in [0.29, 0.717) is 5.75 Å². The van der Waals surface area contributed by atoms with E-state index < -0.39 is 23.7 Å². The lowest BCUT2D eigenvalue weighted by molar-refractivity contribution is -0.137. The van der Waals surface area contributed by atoms with Crippen molar-refractivity contribution in [1.82, 2.24) is 9.78 Å². The van der Waals surface area contributed by atoms with E-state index in [4.69, 9.17) is 4.74 Å². The average Bonchev–Trinajstić information content (AvgIpc) is 3.17. The number of hydrogen-bond donors (Lipinski definition) is 1. The molecular weight excluding hydrogens is 359 g/mol. The van der Waals surface area contributed by atoms with Gasteiger partial charge in [-0.2, -0.15) is 18.3 Å². The lowest BCUT2D eigenvalue weighted by atomic mass is 10.1. The van der Waals surface area contributed by atoms with Gasteiger partial charge in [0.1, 0.15) is 17.5 Å². The number of amides is 1. The molecule has 1 heterocycles. The number of hydrogen-bond acceptors (Lipinski definition) is 3. The van der Waals surface area contributed by atoms with Gasteiger partial charge in [0.15, 0.2) is 0 Å². The van der Waals surface area contributed by atoms with E-state index >= 15 is 0 Å². The fourth-order valence-corrected chi connectivity index (χ4v) is 2.42. The van der Waals surface area contributed by atoms with Crippen LogP contribution in [0.2, 0.25) is 0 Å². The molecule has 0 aliphatic rings. The lowest BCUT2D eigenvalue weighted by Gasteiger charge is -2.18. The molecule has 0 bridgehead atoms. The summed E-state index contributed by atoms with van der Waals surface area (Å²) < 4.78 is 47.2. The van der Waals surface area contributed by atoms with Crippen LogP contribution in [0.3, 0.4) is 0 Å². The summed E-state index contributed by atoms with van der Waals surface area (Å²) in [6.07, 6.45) is -1.61. The molecule has 1 atom stereocenters. The van der Waals surface area contributed by atoms with Gasteiger partial charge in [-0.3, -0.25) is 9.48 Å². The number of rotatable bonds is 5. The van der Waals surface area contributed by atoms with Crippen LogP contribution in [0.4, 0.5) is 18.9 Å². The standard InChI is InChI=1S/C19H16F3N3O2/c1-13(25-11-5-10-23-25)18(26)24-17-9-8-15(12-16(17)19(20,21)22)27-14-6-3-2-4-7-14/h2-13H,1H3,(H,24,26). The molecule has 1 unspecified atom stereocenters. The van der Waals surface area contributed by atoms with Gasteiger partial charge in [0, 0.05) is 12.4 Å². The summed E-state index contributed by atoms with van der Waals surface area (Å²) in [5.41, 5.74) is -1.33. The number of anilines is 1. The molecule has 1 amide bonds. The number of ether oxygens (including phenoxy) is 1. The molecule has 0 saturated heterocycles. The third kappa shape index (κ3) is 4.46. The van der Waals surface area contributed by atoms with Gasteiger partial charge in [-0.15, -0.1) is 0 Å². The zero-order valence-electron chi connectivity index (χ0n) is 14.3. The maximum absolute atomic E-state index is 13.5. The second kappa shape index (κ2) is 7.53. The Morgan fingerprint density at radius 2 is 1.85 bits per heavy atom. The first-order valence-electron chi connectivity index (χ1n) is 8.09. The molecule has 0 radical (unpaired) electrons. The minimum Gasteiger partial charge on any atom is -0.457 e. The summed E-state index contributed by atoms with van der Waals surface area (Å²) in [4.78, 5) is 12.3. The maximum atomic E-state index is 13.5. The molecule has 1 aromatic heterocycles. The monoisotopic (exact) mass is 375 g/mol. The first kappa shape index (κ1) is 18.5. The fourth-order valence-electron chi connectivity index (χ4n) is 2.42. The molecule has 3 aromatic rings. The molecule has 5 nitrogen and oxygen atoms in total. The molecule has 8 heteroatoms. The number of nitrogens with one attached hydrogen (secondary N) is 1. The van der Waals surface area contributed by atoms with E-state index in [1.807, 2.05) is 0 Å². The SMILES string of the molecule is CC(C(=O)Nc1ccc(Oc2ccccc2)cc1C(F)(F)F)n1cccn1. The highest BCUT2D eigenvalue weighted by Crippen LogP contribution is 2.38. The Kier molecular flexibility index (Phi) is 5.16. The van der Waals surface area contributed by atoms with Crippen molar-refractivity contribution < 1.29 is 22.7 Å². The van der Waals surface area contributed by atoms with Crippen molar-refractivity contribution in [3.63, 3.8) is 0 Å². The summed E-state index contributed by atoms with van der Waals surface area (Å²) in [5, 5.41) is 6.25. The van der Waals surface area contributed by atoms with Gasteiger partial charge in [-0.05, 0) is 43.3 Å². The third-order valence-electron chi connectivity index (χ3n) is 3.83. The van der Waals surface area contributed by atoms with Crippen molar-refractivity contribution in [2.24, 2.45) is 0 Å². The second-order valence-corrected chi connectivity index (χ2v) is 5.77. The lowest BCUT2D eigenvalue weighted by Crippen LogP contribution is -2.25. The number of carbonyl (C=O) groups is 1. The number of benzene rings is 2. The van der Waals surface area contributed by atoms with Crippen LogP contribution in [-0.4, -0.2) is 15.7 Å². The topological polar surface area (TPSA) is 56.1 Å². The van der Waals surface area contributed by atoms with Gasteiger partial charge in [0.25, 0.3) is 0 Å². The number of halogens is 3. The van der Waals surface area contributed by atoms with Crippen molar-refractivity contribution in [3.8, 4) is 11.5 Å². The van der Waals surface area contributed by atoms with Crippen LogP contribution in [0.25, 0.3) is 0 Å². The van der Waals surface area contributed by atoms with Gasteiger partial charge in [0.05, 0.1) is 11.3 Å². The van der Waals surface area contributed by atoms with Gasteiger partial charge in [-0.1, -0.05) is 18.2 Å². The van der Waals surface area contributed by atoms with Crippen LogP contribution < -0.4 is 10.1 Å². The Balaban J connectivity index is 1.85. The molecule has 2 aromatic carbocycles. The third-order valence-corrected chi connectivity index (χ3v) is 3.83. The van der Waals surface area contributed by atoms with Gasteiger partial charge in [-0.25, -0.2) is 0 Å². The highest BCUT2D eigenvalue weighted by Gasteiger charge is 2.35. The molecule has 27 heavy (non-hydrogen) atoms. The summed E-state index contributed by atoms with van der Waals surface area (Å²) >= 11 is 0. The normalized spacial score (nSPS) is 12.4. The number of para-hydroxylation sites is 1. The number of nitrogens with zero attached hydrogens (tertiary/aromatic N) is 2.